The molecule has 12 nitrogen and oxygen atoms in total. The molecule has 0 aliphatic heterocycles. The van der Waals surface area contributed by atoms with Crippen molar-refractivity contribution >= 4 is 0 Å². The summed E-state index contributed by atoms with van der Waals surface area (Å²) in [6, 6.07) is 0. The third-order valence-electron chi connectivity index (χ3n) is 0. The Morgan fingerprint density at radius 1 is 0.692 bits per heavy atom. The van der Waals surface area contributed by atoms with Crippen LogP contribution in [0, 0.1) is 40.9 Å². The molecule has 0 radical (unpaired) electrons. The van der Waals surface area contributed by atoms with Crippen molar-refractivity contribution in [3.8, 4) is 0 Å². The van der Waals surface area contributed by atoms with Gasteiger partial charge in [-0.1, -0.05) is 0 Å². The average Bonchev–Trinajstić information content (AvgIpc) is 1.50. The van der Waals surface area contributed by atoms with E-state index in [2.05, 4.69) is 0 Å². The van der Waals surface area contributed by atoms with Crippen LogP contribution in [0.25, 0.3) is 0 Å². The first-order valence-electron chi connectivity index (χ1n) is 1.71. The Labute approximate surface area is 70.8 Å². The topological polar surface area (TPSA) is 225 Å². The van der Waals surface area contributed by atoms with Crippen molar-refractivity contribution < 1.29 is 39.1 Å². The lowest BCUT2D eigenvalue weighted by Crippen LogP contribution is -2.68. The third kappa shape index (κ3) is 355. The largest absolute Gasteiger partial charge is 0.356 e. The zero-order valence-electron chi connectivity index (χ0n) is 5.35. The molecule has 80 valence electrons. The van der Waals surface area contributed by atoms with Crippen LogP contribution in [0.4, 0.5) is 0 Å². The Bertz CT molecular complexity index is 119. The fourth-order valence-corrected chi connectivity index (χ4v) is 0. The van der Waals surface area contributed by atoms with Crippen LogP contribution >= 0.6 is 0 Å². The van der Waals surface area contributed by atoms with Crippen molar-refractivity contribution in [1.82, 2.24) is 0 Å². The van der Waals surface area contributed by atoms with Gasteiger partial charge in [-0.25, -0.2) is 18.6 Å². The molecule has 0 unspecified atom stereocenters. The summed E-state index contributed by atoms with van der Waals surface area (Å²) in [4.78, 5) is 16.5. The van der Waals surface area contributed by atoms with Gasteiger partial charge in [0.25, 0.3) is 0 Å². The van der Waals surface area contributed by atoms with E-state index < -0.39 is 20.4 Å². The summed E-state index contributed by atoms with van der Waals surface area (Å²) in [6.45, 7) is 0. The molecule has 0 saturated heterocycles. The van der Waals surface area contributed by atoms with Crippen LogP contribution < -0.4 is 18.6 Å². The van der Waals surface area contributed by atoms with Crippen LogP contribution in [0.15, 0.2) is 0 Å². The molecule has 0 amide bonds. The minimum absolute atomic E-state index is 1.75. The summed E-state index contributed by atoms with van der Waals surface area (Å²) in [5.74, 6) is 0. The molecule has 0 aromatic heterocycles. The van der Waals surface area contributed by atoms with E-state index in [0.717, 1.165) is 0 Å². The molecular weight excluding hydrogens is 223 g/mol. The molecule has 0 aromatic carbocycles. The number of hydrogen-bond donors (Lipinski definition) is 0. The maximum atomic E-state index is 8.49. The number of hydrogen-bond acceptors (Lipinski definition) is 10. The molecule has 0 heterocycles. The van der Waals surface area contributed by atoms with E-state index in [0.29, 0.717) is 0 Å². The molecule has 0 bridgehead atoms. The zero-order chi connectivity index (χ0) is 11.7. The molecule has 0 N–H and O–H groups in total. The lowest BCUT2D eigenvalue weighted by Gasteiger charge is -2.17. The Balaban J connectivity index is -0.000000117. The van der Waals surface area contributed by atoms with E-state index in [9.17, 15) is 0 Å². The van der Waals surface area contributed by atoms with Crippen molar-refractivity contribution in [2.45, 2.75) is 0 Å². The third-order valence-corrected chi connectivity index (χ3v) is 0. The highest BCUT2D eigenvalue weighted by Gasteiger charge is 1.84. The fraction of sp³-hybridized carbons (Fsp3) is 0. The highest BCUT2D eigenvalue weighted by Crippen LogP contribution is 1.49. The first kappa shape index (κ1) is 17.6. The van der Waals surface area contributed by atoms with Crippen LogP contribution in [-0.2, 0) is 0 Å². The highest BCUT2D eigenvalue weighted by molar-refractivity contribution is 4.04. The molecule has 0 spiro atoms. The molecule has 0 aromatic rings. The molecule has 0 atom stereocenters. The van der Waals surface area contributed by atoms with Crippen molar-refractivity contribution in [1.29, 1.82) is 0 Å². The van der Waals surface area contributed by atoms with Gasteiger partial charge in [0.15, 0.2) is 0 Å². The van der Waals surface area contributed by atoms with Crippen LogP contribution in [0.1, 0.15) is 0 Å². The van der Waals surface area contributed by atoms with Crippen LogP contribution in [0.2, 0.25) is 0 Å². The number of rotatable bonds is 0. The predicted octanol–water partition coefficient (Wildman–Crippen LogP) is -5.23. The van der Waals surface area contributed by atoms with Gasteiger partial charge in [0.05, 0.1) is 10.2 Å². The predicted molar refractivity (Wildman–Crippen MR) is 20.7 cm³/mol. The van der Waals surface area contributed by atoms with Crippen molar-refractivity contribution in [2.75, 3.05) is 0 Å². The molecule has 0 aliphatic carbocycles. The number of halogens is 1. The minimum Gasteiger partial charge on any atom is -0.356 e. The Hall–Kier alpha value is -1.47. The number of nitrogens with zero attached hydrogens (tertiary/aromatic N) is 2. The highest BCUT2D eigenvalue weighted by atomic mass is 35.7. The van der Waals surface area contributed by atoms with E-state index in [1.807, 2.05) is 0 Å². The second kappa shape index (κ2) is 8.62. The Morgan fingerprint density at radius 2 is 0.692 bits per heavy atom. The van der Waals surface area contributed by atoms with E-state index >= 15 is 0 Å². The summed E-state index contributed by atoms with van der Waals surface area (Å²) in [6.07, 6.45) is 0. The van der Waals surface area contributed by atoms with Gasteiger partial charge in [-0.05, 0) is 0 Å². The van der Waals surface area contributed by atoms with E-state index in [4.69, 9.17) is 49.3 Å². The fourth-order valence-electron chi connectivity index (χ4n) is 0. The first-order chi connectivity index (χ1) is 5.46. The summed E-state index contributed by atoms with van der Waals surface area (Å²) in [5.41, 5.74) is 0. The van der Waals surface area contributed by atoms with Gasteiger partial charge >= 0.3 is 0 Å². The quantitative estimate of drug-likeness (QED) is 0.280. The van der Waals surface area contributed by atoms with Crippen LogP contribution in [-0.4, -0.2) is 10.2 Å². The van der Waals surface area contributed by atoms with Gasteiger partial charge in [-0.3, -0.25) is 0 Å². The summed E-state index contributed by atoms with van der Waals surface area (Å²) < 4.78 is 34.0. The summed E-state index contributed by atoms with van der Waals surface area (Å²) in [7, 11) is -4.94. The monoisotopic (exact) mass is 223 g/mol. The van der Waals surface area contributed by atoms with Gasteiger partial charge < -0.3 is 30.6 Å². The second-order valence-corrected chi connectivity index (χ2v) is 1.58. The average molecular weight is 223 g/mol. The van der Waals surface area contributed by atoms with Crippen molar-refractivity contribution in [3.63, 3.8) is 0 Å². The molecule has 0 rings (SSSR count). The van der Waals surface area contributed by atoms with Crippen LogP contribution in [0.3, 0.4) is 0 Å². The van der Waals surface area contributed by atoms with E-state index in [1.165, 1.54) is 0 Å². The zero-order valence-corrected chi connectivity index (χ0v) is 6.11. The maximum Gasteiger partial charge on any atom is 0.0689 e. The molecule has 13 heavy (non-hydrogen) atoms. The van der Waals surface area contributed by atoms with Gasteiger partial charge in [0.1, 0.15) is 0 Å². The Kier molecular flexibility index (Phi) is 11.7. The molecule has 0 saturated carbocycles. The van der Waals surface area contributed by atoms with Gasteiger partial charge in [-0.2, -0.15) is 0 Å². The van der Waals surface area contributed by atoms with E-state index in [1.54, 1.807) is 0 Å². The van der Waals surface area contributed by atoms with Gasteiger partial charge in [0.2, 0.25) is 0 Å². The lowest BCUT2D eigenvalue weighted by molar-refractivity contribution is -2.00. The molecule has 0 fully saturated rings. The second-order valence-electron chi connectivity index (χ2n) is 0.825. The molecule has 0 aliphatic rings. The van der Waals surface area contributed by atoms with Crippen molar-refractivity contribution in [3.05, 3.63) is 30.6 Å². The van der Waals surface area contributed by atoms with Gasteiger partial charge in [0, 0.05) is 0 Å². The summed E-state index contributed by atoms with van der Waals surface area (Å²) in [5, 5.41) is 29.5. The van der Waals surface area contributed by atoms with Gasteiger partial charge in [-0.15, -0.1) is 10.2 Å². The van der Waals surface area contributed by atoms with Crippen molar-refractivity contribution in [2.24, 2.45) is 0 Å². The minimum atomic E-state index is -4.94. The lowest BCUT2D eigenvalue weighted by atomic mass is 13.1. The SMILES string of the molecule is O=[N+]([O-])[O-].O=[N+]([O-])[O-].[O-][Cl+3]([O-])([O-])[O-]. The maximum absolute atomic E-state index is 8.49. The molecular formula is ClN2O10-3. The Morgan fingerprint density at radius 3 is 0.692 bits per heavy atom. The standard InChI is InChI=1S/ClHO4.2NO3/c2-1(3,4)5;2*2-1(3)4/h(H,2,3,4,5);;/q;2*-1/p-1. The smallest absolute Gasteiger partial charge is 0.0689 e. The normalized spacial score (nSPS) is 8.31. The van der Waals surface area contributed by atoms with E-state index in [-0.39, 0.29) is 0 Å². The summed E-state index contributed by atoms with van der Waals surface area (Å²) >= 11 is 0. The van der Waals surface area contributed by atoms with Crippen LogP contribution in [0.5, 0.6) is 0 Å². The first-order valence-corrected chi connectivity index (χ1v) is 2.95. The molecule has 13 heteroatoms.